The Kier molecular flexibility index (Phi) is 4.14. The molecule has 0 unspecified atom stereocenters. The van der Waals surface area contributed by atoms with Gasteiger partial charge in [0.2, 0.25) is 0 Å². The summed E-state index contributed by atoms with van der Waals surface area (Å²) in [5, 5.41) is 13.4. The summed E-state index contributed by atoms with van der Waals surface area (Å²) in [5.74, 6) is 0.508. The third-order valence-electron chi connectivity index (χ3n) is 4.08. The van der Waals surface area contributed by atoms with Gasteiger partial charge >= 0.3 is 0 Å². The first kappa shape index (κ1) is 13.3. The molecule has 2 aromatic rings. The van der Waals surface area contributed by atoms with Crippen LogP contribution in [0.2, 0.25) is 0 Å². The van der Waals surface area contributed by atoms with E-state index in [0.29, 0.717) is 12.5 Å². The van der Waals surface area contributed by atoms with E-state index in [-0.39, 0.29) is 0 Å². The molecule has 0 saturated carbocycles. The quantitative estimate of drug-likeness (QED) is 0.925. The van der Waals surface area contributed by atoms with Crippen molar-refractivity contribution in [3.63, 3.8) is 0 Å². The maximum Gasteiger partial charge on any atom is 0.0645 e. The second kappa shape index (κ2) is 6.20. The van der Waals surface area contributed by atoms with Crippen molar-refractivity contribution in [2.45, 2.75) is 19.4 Å². The Morgan fingerprint density at radius 3 is 2.50 bits per heavy atom. The largest absolute Gasteiger partial charge is 0.396 e. The van der Waals surface area contributed by atoms with Gasteiger partial charge in [0, 0.05) is 25.5 Å². The molecule has 1 aliphatic rings. The molecule has 0 aliphatic carbocycles. The van der Waals surface area contributed by atoms with Crippen LogP contribution in [0.25, 0.3) is 5.69 Å². The summed E-state index contributed by atoms with van der Waals surface area (Å²) in [4.78, 5) is 2.47. The summed E-state index contributed by atoms with van der Waals surface area (Å²) in [7, 11) is 0. The molecule has 0 amide bonds. The Morgan fingerprint density at radius 2 is 1.90 bits per heavy atom. The molecule has 1 aromatic heterocycles. The molecule has 1 aromatic carbocycles. The summed E-state index contributed by atoms with van der Waals surface area (Å²) in [6.07, 6.45) is 5.97. The van der Waals surface area contributed by atoms with E-state index >= 15 is 0 Å². The van der Waals surface area contributed by atoms with Gasteiger partial charge in [-0.3, -0.25) is 4.90 Å². The van der Waals surface area contributed by atoms with Crippen molar-refractivity contribution in [1.82, 2.24) is 14.7 Å². The second-order valence-electron chi connectivity index (χ2n) is 5.52. The number of rotatable bonds is 4. The van der Waals surface area contributed by atoms with Crippen LogP contribution in [-0.2, 0) is 6.54 Å². The number of benzene rings is 1. The summed E-state index contributed by atoms with van der Waals surface area (Å²) < 4.78 is 1.87. The molecule has 1 N–H and O–H groups in total. The first-order chi connectivity index (χ1) is 9.85. The van der Waals surface area contributed by atoms with Gasteiger partial charge < -0.3 is 5.11 Å². The van der Waals surface area contributed by atoms with E-state index in [2.05, 4.69) is 34.3 Å². The fourth-order valence-corrected chi connectivity index (χ4v) is 2.76. The number of aliphatic hydroxyl groups is 1. The molecule has 1 aliphatic heterocycles. The van der Waals surface area contributed by atoms with E-state index < -0.39 is 0 Å². The summed E-state index contributed by atoms with van der Waals surface area (Å²) in [5.41, 5.74) is 2.43. The monoisotopic (exact) mass is 271 g/mol. The first-order valence-electron chi connectivity index (χ1n) is 7.27. The van der Waals surface area contributed by atoms with E-state index in [1.165, 1.54) is 5.56 Å². The van der Waals surface area contributed by atoms with Crippen LogP contribution in [0.1, 0.15) is 18.4 Å². The molecule has 0 atom stereocenters. The molecule has 106 valence electrons. The number of piperidine rings is 1. The molecule has 0 bridgehead atoms. The Balaban J connectivity index is 1.59. The maximum absolute atomic E-state index is 9.16. The number of aliphatic hydroxyl groups excluding tert-OH is 1. The van der Waals surface area contributed by atoms with Gasteiger partial charge in [0.05, 0.1) is 5.69 Å². The number of hydrogen-bond acceptors (Lipinski definition) is 3. The van der Waals surface area contributed by atoms with Crippen molar-refractivity contribution in [2.24, 2.45) is 5.92 Å². The number of hydrogen-bond donors (Lipinski definition) is 1. The Bertz CT molecular complexity index is 513. The van der Waals surface area contributed by atoms with E-state index in [1.54, 1.807) is 6.20 Å². The summed E-state index contributed by atoms with van der Waals surface area (Å²) in [6, 6.07) is 10.5. The number of likely N-dealkylation sites (tertiary alicyclic amines) is 1. The van der Waals surface area contributed by atoms with Gasteiger partial charge in [0.15, 0.2) is 0 Å². The minimum Gasteiger partial charge on any atom is -0.396 e. The lowest BCUT2D eigenvalue weighted by atomic mass is 9.97. The average molecular weight is 271 g/mol. The van der Waals surface area contributed by atoms with Crippen LogP contribution in [0, 0.1) is 5.92 Å². The third-order valence-corrected chi connectivity index (χ3v) is 4.08. The molecule has 1 fully saturated rings. The van der Waals surface area contributed by atoms with Crippen molar-refractivity contribution in [3.05, 3.63) is 48.3 Å². The van der Waals surface area contributed by atoms with Gasteiger partial charge in [-0.2, -0.15) is 5.10 Å². The first-order valence-corrected chi connectivity index (χ1v) is 7.27. The lowest BCUT2D eigenvalue weighted by Gasteiger charge is -2.31. The molecular formula is C16H21N3O. The zero-order valence-corrected chi connectivity index (χ0v) is 11.7. The molecule has 4 nitrogen and oxygen atoms in total. The molecule has 4 heteroatoms. The van der Waals surface area contributed by atoms with Gasteiger partial charge in [-0.1, -0.05) is 12.1 Å². The standard InChI is InChI=1S/C16H21N3O/c20-13-15-6-10-18(11-7-15)12-14-2-4-16(5-3-14)19-9-1-8-17-19/h1-5,8-9,15,20H,6-7,10-13H2. The van der Waals surface area contributed by atoms with E-state index in [1.807, 2.05) is 16.9 Å². The van der Waals surface area contributed by atoms with Crippen LogP contribution in [0.5, 0.6) is 0 Å². The Hall–Kier alpha value is -1.65. The summed E-state index contributed by atoms with van der Waals surface area (Å²) >= 11 is 0. The zero-order valence-electron chi connectivity index (χ0n) is 11.7. The smallest absolute Gasteiger partial charge is 0.0645 e. The minimum absolute atomic E-state index is 0.340. The topological polar surface area (TPSA) is 41.3 Å². The van der Waals surface area contributed by atoms with Crippen molar-refractivity contribution >= 4 is 0 Å². The van der Waals surface area contributed by atoms with Gasteiger partial charge in [-0.15, -0.1) is 0 Å². The average Bonchev–Trinajstić information content (AvgIpc) is 3.03. The zero-order chi connectivity index (χ0) is 13.8. The van der Waals surface area contributed by atoms with E-state index in [9.17, 15) is 0 Å². The Labute approximate surface area is 119 Å². The fraction of sp³-hybridized carbons (Fsp3) is 0.438. The van der Waals surface area contributed by atoms with Gasteiger partial charge in [-0.05, 0) is 55.6 Å². The predicted octanol–water partition coefficient (Wildman–Crippen LogP) is 2.08. The van der Waals surface area contributed by atoms with Crippen LogP contribution >= 0.6 is 0 Å². The molecular weight excluding hydrogens is 250 g/mol. The highest BCUT2D eigenvalue weighted by atomic mass is 16.3. The van der Waals surface area contributed by atoms with Crippen LogP contribution in [0.4, 0.5) is 0 Å². The van der Waals surface area contributed by atoms with Crippen LogP contribution < -0.4 is 0 Å². The third kappa shape index (κ3) is 3.08. The van der Waals surface area contributed by atoms with E-state index in [4.69, 9.17) is 5.11 Å². The molecule has 0 spiro atoms. The highest BCUT2D eigenvalue weighted by Gasteiger charge is 2.18. The summed E-state index contributed by atoms with van der Waals surface area (Å²) in [6.45, 7) is 3.52. The normalized spacial score (nSPS) is 17.4. The molecule has 2 heterocycles. The molecule has 20 heavy (non-hydrogen) atoms. The van der Waals surface area contributed by atoms with Crippen molar-refractivity contribution in [3.8, 4) is 5.69 Å². The van der Waals surface area contributed by atoms with Crippen molar-refractivity contribution in [2.75, 3.05) is 19.7 Å². The SMILES string of the molecule is OCC1CCN(Cc2ccc(-n3cccn3)cc2)CC1. The second-order valence-corrected chi connectivity index (χ2v) is 5.52. The lowest BCUT2D eigenvalue weighted by Crippen LogP contribution is -2.34. The van der Waals surface area contributed by atoms with E-state index in [0.717, 1.165) is 38.2 Å². The maximum atomic E-state index is 9.16. The molecule has 3 rings (SSSR count). The lowest BCUT2D eigenvalue weighted by molar-refractivity contribution is 0.127. The van der Waals surface area contributed by atoms with Gasteiger partial charge in [0.25, 0.3) is 0 Å². The molecule has 1 saturated heterocycles. The van der Waals surface area contributed by atoms with Crippen molar-refractivity contribution < 1.29 is 5.11 Å². The highest BCUT2D eigenvalue weighted by molar-refractivity contribution is 5.33. The van der Waals surface area contributed by atoms with Crippen LogP contribution in [0.3, 0.4) is 0 Å². The Morgan fingerprint density at radius 1 is 1.15 bits per heavy atom. The minimum atomic E-state index is 0.340. The van der Waals surface area contributed by atoms with Gasteiger partial charge in [-0.25, -0.2) is 4.68 Å². The number of nitrogens with zero attached hydrogens (tertiary/aromatic N) is 3. The molecule has 0 radical (unpaired) electrons. The van der Waals surface area contributed by atoms with Crippen molar-refractivity contribution in [1.29, 1.82) is 0 Å². The van der Waals surface area contributed by atoms with Crippen LogP contribution in [0.15, 0.2) is 42.7 Å². The predicted molar refractivity (Wildman–Crippen MR) is 78.7 cm³/mol. The highest BCUT2D eigenvalue weighted by Crippen LogP contribution is 2.19. The van der Waals surface area contributed by atoms with Gasteiger partial charge in [0.1, 0.15) is 0 Å². The number of aromatic nitrogens is 2. The fourth-order valence-electron chi connectivity index (χ4n) is 2.76. The van der Waals surface area contributed by atoms with Crippen LogP contribution in [-0.4, -0.2) is 39.5 Å².